The lowest BCUT2D eigenvalue weighted by atomic mass is 9.83. The molecule has 3 atom stereocenters. The predicted molar refractivity (Wildman–Crippen MR) is 58.9 cm³/mol. The van der Waals surface area contributed by atoms with Gasteiger partial charge in [-0.1, -0.05) is 13.8 Å². The van der Waals surface area contributed by atoms with Gasteiger partial charge >= 0.3 is 0 Å². The second-order valence-electron chi connectivity index (χ2n) is 5.88. The van der Waals surface area contributed by atoms with Crippen molar-refractivity contribution in [2.45, 2.75) is 59.5 Å². The SMILES string of the molecule is CC1CC(C)C(C)N(C(C)(C)C)C1. The summed E-state index contributed by atoms with van der Waals surface area (Å²) >= 11 is 0. The van der Waals surface area contributed by atoms with Gasteiger partial charge in [-0.3, -0.25) is 4.90 Å². The van der Waals surface area contributed by atoms with Crippen LogP contribution in [-0.4, -0.2) is 23.0 Å². The Balaban J connectivity index is 2.72. The first kappa shape index (κ1) is 11.0. The molecule has 0 bridgehead atoms. The van der Waals surface area contributed by atoms with Gasteiger partial charge in [-0.2, -0.15) is 0 Å². The summed E-state index contributed by atoms with van der Waals surface area (Å²) in [7, 11) is 0. The summed E-state index contributed by atoms with van der Waals surface area (Å²) < 4.78 is 0. The summed E-state index contributed by atoms with van der Waals surface area (Å²) in [4.78, 5) is 2.66. The normalized spacial score (nSPS) is 37.8. The zero-order chi connectivity index (χ0) is 10.2. The fourth-order valence-electron chi connectivity index (χ4n) is 2.60. The van der Waals surface area contributed by atoms with Gasteiger partial charge in [0.1, 0.15) is 0 Å². The average molecular weight is 183 g/mol. The molecule has 1 rings (SSSR count). The molecular formula is C12H25N. The number of hydrogen-bond acceptors (Lipinski definition) is 1. The van der Waals surface area contributed by atoms with E-state index in [-0.39, 0.29) is 0 Å². The monoisotopic (exact) mass is 183 g/mol. The maximum Gasteiger partial charge on any atom is 0.0128 e. The van der Waals surface area contributed by atoms with Crippen LogP contribution in [0.25, 0.3) is 0 Å². The molecule has 0 aromatic rings. The van der Waals surface area contributed by atoms with E-state index in [1.807, 2.05) is 0 Å². The van der Waals surface area contributed by atoms with E-state index in [0.29, 0.717) is 5.54 Å². The van der Waals surface area contributed by atoms with E-state index in [1.165, 1.54) is 13.0 Å². The molecule has 0 saturated carbocycles. The number of hydrogen-bond donors (Lipinski definition) is 0. The lowest BCUT2D eigenvalue weighted by Crippen LogP contribution is -2.54. The molecule has 1 aliphatic heterocycles. The van der Waals surface area contributed by atoms with Gasteiger partial charge in [-0.05, 0) is 46.0 Å². The zero-order valence-electron chi connectivity index (χ0n) is 10.1. The molecule has 0 amide bonds. The molecule has 0 N–H and O–H groups in total. The molecule has 1 heteroatoms. The smallest absolute Gasteiger partial charge is 0.0128 e. The molecule has 3 unspecified atom stereocenters. The van der Waals surface area contributed by atoms with E-state index in [2.05, 4.69) is 46.4 Å². The molecule has 13 heavy (non-hydrogen) atoms. The first-order valence-electron chi connectivity index (χ1n) is 5.59. The Kier molecular flexibility index (Phi) is 3.06. The van der Waals surface area contributed by atoms with Crippen LogP contribution in [0.15, 0.2) is 0 Å². The largest absolute Gasteiger partial charge is 0.295 e. The first-order chi connectivity index (χ1) is 5.82. The summed E-state index contributed by atoms with van der Waals surface area (Å²) in [6, 6.07) is 0.746. The molecule has 1 nitrogen and oxygen atoms in total. The molecule has 0 aliphatic carbocycles. The van der Waals surface area contributed by atoms with Crippen LogP contribution in [-0.2, 0) is 0 Å². The van der Waals surface area contributed by atoms with Crippen LogP contribution in [0.1, 0.15) is 48.0 Å². The third kappa shape index (κ3) is 2.46. The second-order valence-corrected chi connectivity index (χ2v) is 5.88. The predicted octanol–water partition coefficient (Wildman–Crippen LogP) is 3.15. The number of piperidine rings is 1. The zero-order valence-corrected chi connectivity index (χ0v) is 10.1. The summed E-state index contributed by atoms with van der Waals surface area (Å²) in [5, 5.41) is 0. The molecule has 0 aromatic heterocycles. The Hall–Kier alpha value is -0.0400. The van der Waals surface area contributed by atoms with Gasteiger partial charge in [0.25, 0.3) is 0 Å². The van der Waals surface area contributed by atoms with Crippen molar-refractivity contribution in [2.24, 2.45) is 11.8 Å². The summed E-state index contributed by atoms with van der Waals surface area (Å²) in [5.41, 5.74) is 0.336. The lowest BCUT2D eigenvalue weighted by Gasteiger charge is -2.48. The maximum atomic E-state index is 2.66. The van der Waals surface area contributed by atoms with Gasteiger partial charge in [-0.25, -0.2) is 0 Å². The Bertz CT molecular complexity index is 168. The Morgan fingerprint density at radius 1 is 1.08 bits per heavy atom. The second kappa shape index (κ2) is 3.61. The van der Waals surface area contributed by atoms with Gasteiger partial charge in [-0.15, -0.1) is 0 Å². The highest BCUT2D eigenvalue weighted by molar-refractivity contribution is 4.89. The van der Waals surface area contributed by atoms with Crippen molar-refractivity contribution >= 4 is 0 Å². The summed E-state index contributed by atoms with van der Waals surface area (Å²) in [5.74, 6) is 1.72. The molecule has 0 aromatic carbocycles. The highest BCUT2D eigenvalue weighted by Gasteiger charge is 2.34. The fraction of sp³-hybridized carbons (Fsp3) is 1.00. The van der Waals surface area contributed by atoms with Crippen molar-refractivity contribution in [2.75, 3.05) is 6.54 Å². The number of nitrogens with zero attached hydrogens (tertiary/aromatic N) is 1. The molecule has 0 radical (unpaired) electrons. The molecule has 1 saturated heterocycles. The van der Waals surface area contributed by atoms with Gasteiger partial charge in [0.2, 0.25) is 0 Å². The van der Waals surface area contributed by atoms with Crippen molar-refractivity contribution < 1.29 is 0 Å². The molecule has 1 heterocycles. The van der Waals surface area contributed by atoms with E-state index in [1.54, 1.807) is 0 Å². The van der Waals surface area contributed by atoms with Crippen molar-refractivity contribution in [3.8, 4) is 0 Å². The van der Waals surface area contributed by atoms with Crippen molar-refractivity contribution in [3.05, 3.63) is 0 Å². The van der Waals surface area contributed by atoms with Crippen molar-refractivity contribution in [1.29, 1.82) is 0 Å². The average Bonchev–Trinajstić information content (AvgIpc) is 1.94. The van der Waals surface area contributed by atoms with Gasteiger partial charge in [0.15, 0.2) is 0 Å². The number of likely N-dealkylation sites (tertiary alicyclic amines) is 1. The van der Waals surface area contributed by atoms with Crippen LogP contribution in [0.3, 0.4) is 0 Å². The molecule has 1 fully saturated rings. The van der Waals surface area contributed by atoms with E-state index in [0.717, 1.165) is 17.9 Å². The van der Waals surface area contributed by atoms with Crippen molar-refractivity contribution in [1.82, 2.24) is 4.90 Å². The Morgan fingerprint density at radius 3 is 2.08 bits per heavy atom. The van der Waals surface area contributed by atoms with Crippen LogP contribution in [0, 0.1) is 11.8 Å². The first-order valence-corrected chi connectivity index (χ1v) is 5.59. The summed E-state index contributed by atoms with van der Waals surface area (Å²) in [6.07, 6.45) is 1.40. The Labute approximate surface area is 83.5 Å². The van der Waals surface area contributed by atoms with E-state index < -0.39 is 0 Å². The topological polar surface area (TPSA) is 3.24 Å². The summed E-state index contributed by atoms with van der Waals surface area (Å²) in [6.45, 7) is 15.4. The minimum atomic E-state index is 0.336. The minimum Gasteiger partial charge on any atom is -0.295 e. The van der Waals surface area contributed by atoms with Gasteiger partial charge in [0, 0.05) is 18.1 Å². The molecule has 1 aliphatic rings. The van der Waals surface area contributed by atoms with Crippen LogP contribution >= 0.6 is 0 Å². The molecule has 0 spiro atoms. The molecule has 78 valence electrons. The maximum absolute atomic E-state index is 2.66. The van der Waals surface area contributed by atoms with Crippen LogP contribution in [0.4, 0.5) is 0 Å². The lowest BCUT2D eigenvalue weighted by molar-refractivity contribution is 0.00701. The van der Waals surface area contributed by atoms with Gasteiger partial charge < -0.3 is 0 Å². The van der Waals surface area contributed by atoms with E-state index in [9.17, 15) is 0 Å². The van der Waals surface area contributed by atoms with E-state index >= 15 is 0 Å². The standard InChI is InChI=1S/C12H25N/c1-9-7-10(2)11(3)13(8-9)12(4,5)6/h9-11H,7-8H2,1-6H3. The Morgan fingerprint density at radius 2 is 1.62 bits per heavy atom. The van der Waals surface area contributed by atoms with Crippen molar-refractivity contribution in [3.63, 3.8) is 0 Å². The third-order valence-electron chi connectivity index (χ3n) is 3.46. The highest BCUT2D eigenvalue weighted by Crippen LogP contribution is 2.31. The van der Waals surface area contributed by atoms with Crippen LogP contribution in [0.2, 0.25) is 0 Å². The fourth-order valence-corrected chi connectivity index (χ4v) is 2.60. The van der Waals surface area contributed by atoms with Crippen LogP contribution in [0.5, 0.6) is 0 Å². The number of rotatable bonds is 0. The van der Waals surface area contributed by atoms with E-state index in [4.69, 9.17) is 0 Å². The van der Waals surface area contributed by atoms with Crippen LogP contribution < -0.4 is 0 Å². The quantitative estimate of drug-likeness (QED) is 0.557. The molecular weight excluding hydrogens is 158 g/mol. The highest BCUT2D eigenvalue weighted by atomic mass is 15.2. The van der Waals surface area contributed by atoms with Gasteiger partial charge in [0.05, 0.1) is 0 Å². The minimum absolute atomic E-state index is 0.336. The third-order valence-corrected chi connectivity index (χ3v) is 3.46.